The number of hydrogen-bond donors (Lipinski definition) is 1. The highest BCUT2D eigenvalue weighted by Crippen LogP contribution is 2.29. The lowest BCUT2D eigenvalue weighted by Gasteiger charge is -2.42. The van der Waals surface area contributed by atoms with Crippen LogP contribution in [0, 0.1) is 5.92 Å². The van der Waals surface area contributed by atoms with Gasteiger partial charge in [0.05, 0.1) is 12.7 Å². The molecule has 2 aliphatic rings. The fraction of sp³-hybridized carbons (Fsp3) is 1.00. The smallest absolute Gasteiger partial charge is 0.0900 e. The van der Waals surface area contributed by atoms with Crippen molar-refractivity contribution in [2.45, 2.75) is 70.6 Å². The van der Waals surface area contributed by atoms with Crippen LogP contribution >= 0.6 is 0 Å². The third kappa shape index (κ3) is 5.48. The minimum Gasteiger partial charge on any atom is -0.389 e. The van der Waals surface area contributed by atoms with Gasteiger partial charge in [-0.05, 0) is 71.5 Å². The molecule has 0 aromatic heterocycles. The van der Waals surface area contributed by atoms with E-state index >= 15 is 0 Å². The second-order valence-corrected chi connectivity index (χ2v) is 7.43. The maximum atomic E-state index is 9.98. The van der Waals surface area contributed by atoms with Gasteiger partial charge in [0.15, 0.2) is 0 Å². The highest BCUT2D eigenvalue weighted by atomic mass is 16.5. The zero-order valence-corrected chi connectivity index (χ0v) is 14.8. The fourth-order valence-corrected chi connectivity index (χ4v) is 4.09. The topological polar surface area (TPSA) is 35.9 Å². The molecule has 1 saturated heterocycles. The lowest BCUT2D eigenvalue weighted by Crippen LogP contribution is -2.49. The lowest BCUT2D eigenvalue weighted by atomic mass is 9.85. The molecule has 1 aliphatic heterocycles. The van der Waals surface area contributed by atoms with E-state index in [-0.39, 0.29) is 6.10 Å². The van der Waals surface area contributed by atoms with Gasteiger partial charge in [0.2, 0.25) is 0 Å². The van der Waals surface area contributed by atoms with Gasteiger partial charge in [-0.1, -0.05) is 6.92 Å². The molecule has 1 saturated carbocycles. The highest BCUT2D eigenvalue weighted by Gasteiger charge is 2.29. The van der Waals surface area contributed by atoms with E-state index in [2.05, 4.69) is 23.8 Å². The molecule has 4 nitrogen and oxygen atoms in total. The summed E-state index contributed by atoms with van der Waals surface area (Å²) in [5, 5.41) is 9.98. The van der Waals surface area contributed by atoms with Crippen molar-refractivity contribution in [3.8, 4) is 0 Å². The molecule has 1 N–H and O–H groups in total. The molecule has 2 fully saturated rings. The van der Waals surface area contributed by atoms with E-state index < -0.39 is 0 Å². The molecule has 0 aromatic carbocycles. The van der Waals surface area contributed by atoms with E-state index in [1.54, 1.807) is 0 Å². The molecule has 4 heteroatoms. The Balaban J connectivity index is 1.67. The lowest BCUT2D eigenvalue weighted by molar-refractivity contribution is 0.00739. The Morgan fingerprint density at radius 1 is 1.14 bits per heavy atom. The van der Waals surface area contributed by atoms with Crippen molar-refractivity contribution in [1.29, 1.82) is 0 Å². The Bertz CT molecular complexity index is 297. The Kier molecular flexibility index (Phi) is 7.61. The van der Waals surface area contributed by atoms with Crippen molar-refractivity contribution in [2.24, 2.45) is 5.92 Å². The Morgan fingerprint density at radius 2 is 1.77 bits per heavy atom. The van der Waals surface area contributed by atoms with Crippen molar-refractivity contribution >= 4 is 0 Å². The van der Waals surface area contributed by atoms with Crippen LogP contribution in [0.4, 0.5) is 0 Å². The third-order valence-electron chi connectivity index (χ3n) is 5.64. The second kappa shape index (κ2) is 9.21. The number of piperidine rings is 1. The third-order valence-corrected chi connectivity index (χ3v) is 5.64. The molecule has 0 aromatic rings. The van der Waals surface area contributed by atoms with Crippen molar-refractivity contribution < 1.29 is 9.84 Å². The number of aliphatic hydroxyl groups excluding tert-OH is 1. The van der Waals surface area contributed by atoms with Crippen LogP contribution in [0.2, 0.25) is 0 Å². The van der Waals surface area contributed by atoms with Crippen LogP contribution in [0.25, 0.3) is 0 Å². The minimum absolute atomic E-state index is 0.359. The maximum Gasteiger partial charge on any atom is 0.0900 e. The summed E-state index contributed by atoms with van der Waals surface area (Å²) in [4.78, 5) is 5.07. The summed E-state index contributed by atoms with van der Waals surface area (Å²) in [5.41, 5.74) is 0. The van der Waals surface area contributed by atoms with Gasteiger partial charge in [-0.15, -0.1) is 0 Å². The SMILES string of the molecule is CCOC[C@@H](O)CN(C)C1CCN(C2CCC(C)CC2)CC1. The van der Waals surface area contributed by atoms with Crippen LogP contribution in [-0.2, 0) is 4.74 Å². The van der Waals surface area contributed by atoms with E-state index in [4.69, 9.17) is 4.74 Å². The first kappa shape index (κ1) is 18.2. The number of hydrogen-bond acceptors (Lipinski definition) is 4. The van der Waals surface area contributed by atoms with Gasteiger partial charge in [0, 0.05) is 25.2 Å². The van der Waals surface area contributed by atoms with Crippen LogP contribution in [-0.4, -0.2) is 73.0 Å². The number of ether oxygens (including phenoxy) is 1. The van der Waals surface area contributed by atoms with Gasteiger partial charge >= 0.3 is 0 Å². The summed E-state index contributed by atoms with van der Waals surface area (Å²) in [6.45, 7) is 8.69. The number of aliphatic hydroxyl groups is 1. The largest absolute Gasteiger partial charge is 0.389 e. The normalized spacial score (nSPS) is 29.9. The van der Waals surface area contributed by atoms with Gasteiger partial charge in [-0.2, -0.15) is 0 Å². The van der Waals surface area contributed by atoms with Crippen molar-refractivity contribution in [3.05, 3.63) is 0 Å². The molecule has 0 amide bonds. The Labute approximate surface area is 136 Å². The Hall–Kier alpha value is -0.160. The van der Waals surface area contributed by atoms with E-state index in [0.29, 0.717) is 19.3 Å². The van der Waals surface area contributed by atoms with Crippen LogP contribution in [0.3, 0.4) is 0 Å². The zero-order chi connectivity index (χ0) is 15.9. The molecule has 130 valence electrons. The van der Waals surface area contributed by atoms with Crippen molar-refractivity contribution in [3.63, 3.8) is 0 Å². The molecular weight excluding hydrogens is 276 g/mol. The first-order valence-electron chi connectivity index (χ1n) is 9.30. The summed E-state index contributed by atoms with van der Waals surface area (Å²) >= 11 is 0. The predicted molar refractivity (Wildman–Crippen MR) is 91.1 cm³/mol. The number of likely N-dealkylation sites (tertiary alicyclic amines) is 1. The molecule has 2 rings (SSSR count). The fourth-order valence-electron chi connectivity index (χ4n) is 4.09. The number of likely N-dealkylation sites (N-methyl/N-ethyl adjacent to an activating group) is 1. The molecule has 1 heterocycles. The summed E-state index contributed by atoms with van der Waals surface area (Å²) in [6.07, 6.45) is 7.74. The van der Waals surface area contributed by atoms with E-state index in [1.807, 2.05) is 6.92 Å². The van der Waals surface area contributed by atoms with Crippen LogP contribution < -0.4 is 0 Å². The van der Waals surface area contributed by atoms with Gasteiger partial charge in [0.25, 0.3) is 0 Å². The number of rotatable bonds is 7. The monoisotopic (exact) mass is 312 g/mol. The van der Waals surface area contributed by atoms with Crippen molar-refractivity contribution in [2.75, 3.05) is 39.9 Å². The molecule has 0 radical (unpaired) electrons. The first-order chi connectivity index (χ1) is 10.6. The Morgan fingerprint density at radius 3 is 2.36 bits per heavy atom. The standard InChI is InChI=1S/C18H36N2O2/c1-4-22-14-18(21)13-19(3)16-9-11-20(12-10-16)17-7-5-15(2)6-8-17/h15-18,21H,4-14H2,1-3H3/t15?,17?,18-/m0/s1. The molecular formula is C18H36N2O2. The van der Waals surface area contributed by atoms with Crippen molar-refractivity contribution in [1.82, 2.24) is 9.80 Å². The minimum atomic E-state index is -0.359. The van der Waals surface area contributed by atoms with E-state index in [9.17, 15) is 5.11 Å². The molecule has 22 heavy (non-hydrogen) atoms. The van der Waals surface area contributed by atoms with Gasteiger partial charge in [0.1, 0.15) is 0 Å². The summed E-state index contributed by atoms with van der Waals surface area (Å²) in [7, 11) is 2.15. The highest BCUT2D eigenvalue weighted by molar-refractivity contribution is 4.85. The molecule has 0 spiro atoms. The van der Waals surface area contributed by atoms with Crippen LogP contribution in [0.5, 0.6) is 0 Å². The molecule has 1 atom stereocenters. The van der Waals surface area contributed by atoms with Crippen LogP contribution in [0.15, 0.2) is 0 Å². The predicted octanol–water partition coefficient (Wildman–Crippen LogP) is 2.36. The van der Waals surface area contributed by atoms with Gasteiger partial charge < -0.3 is 19.6 Å². The molecule has 0 unspecified atom stereocenters. The molecule has 0 bridgehead atoms. The van der Waals surface area contributed by atoms with Gasteiger partial charge in [-0.25, -0.2) is 0 Å². The van der Waals surface area contributed by atoms with E-state index in [1.165, 1.54) is 51.6 Å². The zero-order valence-electron chi connectivity index (χ0n) is 14.8. The average Bonchev–Trinajstić information content (AvgIpc) is 2.54. The first-order valence-corrected chi connectivity index (χ1v) is 9.30. The average molecular weight is 312 g/mol. The van der Waals surface area contributed by atoms with E-state index in [0.717, 1.165) is 18.5 Å². The summed E-state index contributed by atoms with van der Waals surface area (Å²) in [5.74, 6) is 0.937. The summed E-state index contributed by atoms with van der Waals surface area (Å²) < 4.78 is 5.30. The van der Waals surface area contributed by atoms with Crippen LogP contribution in [0.1, 0.15) is 52.4 Å². The molecule has 1 aliphatic carbocycles. The maximum absolute atomic E-state index is 9.98. The second-order valence-electron chi connectivity index (χ2n) is 7.43. The van der Waals surface area contributed by atoms with Gasteiger partial charge in [-0.3, -0.25) is 0 Å². The quantitative estimate of drug-likeness (QED) is 0.783. The number of nitrogens with zero attached hydrogens (tertiary/aromatic N) is 2. The summed E-state index contributed by atoms with van der Waals surface area (Å²) in [6, 6.07) is 1.46.